The fourth-order valence-corrected chi connectivity index (χ4v) is 3.86. The Morgan fingerprint density at radius 2 is 1.91 bits per heavy atom. The largest absolute Gasteiger partial charge is 0.491 e. The minimum atomic E-state index is -0.399. The summed E-state index contributed by atoms with van der Waals surface area (Å²) in [6.45, 7) is 13.4. The van der Waals surface area contributed by atoms with Crippen LogP contribution in [-0.2, 0) is 9.47 Å². The van der Waals surface area contributed by atoms with Gasteiger partial charge in [0.1, 0.15) is 18.0 Å². The number of halogens is 1. The van der Waals surface area contributed by atoms with Crippen molar-refractivity contribution in [2.24, 2.45) is 0 Å². The fraction of sp³-hybridized carbons (Fsp3) is 0.481. The molecule has 2 aromatic rings. The highest BCUT2D eigenvalue weighted by atomic mass is 35.5. The molecule has 0 fully saturated rings. The van der Waals surface area contributed by atoms with Crippen LogP contribution in [0.4, 0.5) is 0 Å². The van der Waals surface area contributed by atoms with Crippen molar-refractivity contribution in [3.8, 4) is 28.7 Å². The van der Waals surface area contributed by atoms with Crippen molar-refractivity contribution in [3.63, 3.8) is 0 Å². The molecule has 1 aromatic heterocycles. The lowest BCUT2D eigenvalue weighted by molar-refractivity contribution is 0.0362. The highest BCUT2D eigenvalue weighted by molar-refractivity contribution is 7.08. The second-order valence-electron chi connectivity index (χ2n) is 7.92. The predicted octanol–water partition coefficient (Wildman–Crippen LogP) is 6.32. The maximum absolute atomic E-state index is 5.86. The molecule has 182 valence electrons. The van der Waals surface area contributed by atoms with Crippen molar-refractivity contribution >= 4 is 23.7 Å². The zero-order chi connectivity index (χ0) is 23.1. The number of hydrogen-bond acceptors (Lipinski definition) is 5. The van der Waals surface area contributed by atoms with Crippen LogP contribution in [0.2, 0.25) is 0 Å². The third-order valence-corrected chi connectivity index (χ3v) is 5.40. The van der Waals surface area contributed by atoms with Crippen molar-refractivity contribution in [2.45, 2.75) is 39.7 Å². The normalized spacial score (nSPS) is 11.3. The molecule has 6 heteroatoms. The van der Waals surface area contributed by atoms with Gasteiger partial charge in [0.15, 0.2) is 0 Å². The van der Waals surface area contributed by atoms with Gasteiger partial charge in [-0.15, -0.1) is 12.4 Å². The molecule has 33 heavy (non-hydrogen) atoms. The summed E-state index contributed by atoms with van der Waals surface area (Å²) < 4.78 is 17.3. The van der Waals surface area contributed by atoms with Crippen LogP contribution in [0, 0.1) is 11.8 Å². The quantitative estimate of drug-likeness (QED) is 0.228. The summed E-state index contributed by atoms with van der Waals surface area (Å²) >= 11 is 1.70. The SMILES string of the molecule is CCCN(CC=CC#CC(C)(C)OCC)CCOCCOc1cccc(-c2ccsc2)c1.Cl. The van der Waals surface area contributed by atoms with E-state index in [-0.39, 0.29) is 12.4 Å². The summed E-state index contributed by atoms with van der Waals surface area (Å²) in [6, 6.07) is 10.3. The molecular weight excluding hydrogens is 454 g/mol. The van der Waals surface area contributed by atoms with Gasteiger partial charge in [0.25, 0.3) is 0 Å². The Labute approximate surface area is 210 Å². The minimum Gasteiger partial charge on any atom is -0.491 e. The lowest BCUT2D eigenvalue weighted by Gasteiger charge is -2.19. The van der Waals surface area contributed by atoms with Crippen molar-refractivity contribution < 1.29 is 14.2 Å². The van der Waals surface area contributed by atoms with E-state index in [4.69, 9.17) is 14.2 Å². The molecule has 0 spiro atoms. The van der Waals surface area contributed by atoms with Crippen molar-refractivity contribution in [1.29, 1.82) is 0 Å². The standard InChI is InChI=1S/C27H37NO3S.ClH/c1-5-15-28(16-9-7-8-14-27(3,4)31-6-2)17-18-29-19-20-30-26-12-10-11-24(22-26)25-13-21-32-23-25;/h7,9-13,21-23H,5-6,15-20H2,1-4H3;1H. The second kappa shape index (κ2) is 16.7. The first kappa shape index (κ1) is 29.2. The van der Waals surface area contributed by atoms with Gasteiger partial charge in [-0.25, -0.2) is 0 Å². The molecule has 2 rings (SSSR count). The van der Waals surface area contributed by atoms with Gasteiger partial charge in [-0.3, -0.25) is 4.90 Å². The minimum absolute atomic E-state index is 0. The summed E-state index contributed by atoms with van der Waals surface area (Å²) in [6.07, 6.45) is 5.14. The van der Waals surface area contributed by atoms with Crippen LogP contribution in [0.5, 0.6) is 5.75 Å². The van der Waals surface area contributed by atoms with Gasteiger partial charge >= 0.3 is 0 Å². The number of hydrogen-bond donors (Lipinski definition) is 0. The first-order chi connectivity index (χ1) is 15.5. The lowest BCUT2D eigenvalue weighted by atomic mass is 10.1. The Morgan fingerprint density at radius 1 is 1.06 bits per heavy atom. The summed E-state index contributed by atoms with van der Waals surface area (Å²) in [5.41, 5.74) is 2.01. The number of rotatable bonds is 14. The molecule has 0 atom stereocenters. The Bertz CT molecular complexity index is 856. The average molecular weight is 492 g/mol. The third-order valence-electron chi connectivity index (χ3n) is 4.72. The zero-order valence-electron chi connectivity index (χ0n) is 20.3. The topological polar surface area (TPSA) is 30.9 Å². The number of allylic oxidation sites excluding steroid dienone is 1. The van der Waals surface area contributed by atoms with E-state index in [1.165, 1.54) is 11.1 Å². The predicted molar refractivity (Wildman–Crippen MR) is 143 cm³/mol. The number of ether oxygens (including phenoxy) is 3. The van der Waals surface area contributed by atoms with Crippen LogP contribution in [0.15, 0.2) is 53.2 Å². The molecule has 0 amide bonds. The van der Waals surface area contributed by atoms with E-state index < -0.39 is 5.60 Å². The summed E-state index contributed by atoms with van der Waals surface area (Å²) in [4.78, 5) is 2.37. The smallest absolute Gasteiger partial charge is 0.123 e. The molecule has 0 bridgehead atoms. The Morgan fingerprint density at radius 3 is 2.64 bits per heavy atom. The highest BCUT2D eigenvalue weighted by Crippen LogP contribution is 2.25. The van der Waals surface area contributed by atoms with Gasteiger partial charge in [0.2, 0.25) is 0 Å². The first-order valence-corrected chi connectivity index (χ1v) is 12.4. The number of thiophene rings is 1. The van der Waals surface area contributed by atoms with Crippen molar-refractivity contribution in [2.75, 3.05) is 46.1 Å². The van der Waals surface area contributed by atoms with E-state index in [2.05, 4.69) is 58.7 Å². The highest BCUT2D eigenvalue weighted by Gasteiger charge is 2.12. The Hall–Kier alpha value is -1.81. The first-order valence-electron chi connectivity index (χ1n) is 11.4. The third kappa shape index (κ3) is 12.3. The maximum atomic E-state index is 5.86. The molecule has 0 unspecified atom stereocenters. The number of nitrogens with zero attached hydrogens (tertiary/aromatic N) is 1. The Kier molecular flexibility index (Phi) is 14.8. The molecule has 0 saturated heterocycles. The van der Waals surface area contributed by atoms with E-state index in [1.807, 2.05) is 39.0 Å². The maximum Gasteiger partial charge on any atom is 0.123 e. The molecule has 0 aliphatic heterocycles. The number of benzene rings is 1. The van der Waals surface area contributed by atoms with Crippen LogP contribution in [0.1, 0.15) is 34.1 Å². The molecule has 1 aromatic carbocycles. The van der Waals surface area contributed by atoms with Crippen LogP contribution in [0.3, 0.4) is 0 Å². The summed E-state index contributed by atoms with van der Waals surface area (Å²) in [7, 11) is 0. The van der Waals surface area contributed by atoms with Crippen molar-refractivity contribution in [3.05, 3.63) is 53.2 Å². The summed E-state index contributed by atoms with van der Waals surface area (Å²) in [5.74, 6) is 7.11. The molecule has 0 saturated carbocycles. The average Bonchev–Trinajstić information content (AvgIpc) is 3.31. The van der Waals surface area contributed by atoms with Gasteiger partial charge in [-0.1, -0.05) is 37.0 Å². The van der Waals surface area contributed by atoms with Crippen LogP contribution < -0.4 is 4.74 Å². The van der Waals surface area contributed by atoms with Crippen LogP contribution in [0.25, 0.3) is 11.1 Å². The summed E-state index contributed by atoms with van der Waals surface area (Å²) in [5, 5.41) is 4.23. The van der Waals surface area contributed by atoms with Gasteiger partial charge in [-0.05, 0) is 79.9 Å². The zero-order valence-corrected chi connectivity index (χ0v) is 22.0. The van der Waals surface area contributed by atoms with E-state index in [0.29, 0.717) is 26.4 Å². The van der Waals surface area contributed by atoms with E-state index in [1.54, 1.807) is 11.3 Å². The molecule has 0 aliphatic rings. The van der Waals surface area contributed by atoms with Gasteiger partial charge in [0, 0.05) is 19.7 Å². The van der Waals surface area contributed by atoms with Crippen LogP contribution in [-0.4, -0.2) is 56.6 Å². The molecule has 0 N–H and O–H groups in total. The van der Waals surface area contributed by atoms with E-state index >= 15 is 0 Å². The second-order valence-corrected chi connectivity index (χ2v) is 8.70. The Balaban J connectivity index is 0.00000544. The van der Waals surface area contributed by atoms with E-state index in [0.717, 1.165) is 31.8 Å². The molecule has 0 radical (unpaired) electrons. The van der Waals surface area contributed by atoms with Gasteiger partial charge in [0.05, 0.1) is 13.2 Å². The van der Waals surface area contributed by atoms with Crippen molar-refractivity contribution in [1.82, 2.24) is 4.90 Å². The van der Waals surface area contributed by atoms with Gasteiger partial charge in [-0.2, -0.15) is 11.3 Å². The lowest BCUT2D eigenvalue weighted by Crippen LogP contribution is -2.29. The molecular formula is C27H38ClNO3S. The monoisotopic (exact) mass is 491 g/mol. The molecule has 4 nitrogen and oxygen atoms in total. The van der Waals surface area contributed by atoms with E-state index in [9.17, 15) is 0 Å². The van der Waals surface area contributed by atoms with Gasteiger partial charge < -0.3 is 14.2 Å². The fourth-order valence-electron chi connectivity index (χ4n) is 3.19. The van der Waals surface area contributed by atoms with Crippen LogP contribution >= 0.6 is 23.7 Å². The molecule has 0 aliphatic carbocycles. The molecule has 1 heterocycles.